The average molecular weight is 433 g/mol. The van der Waals surface area contributed by atoms with Crippen molar-refractivity contribution < 1.29 is 19.1 Å². The van der Waals surface area contributed by atoms with Crippen LogP contribution in [0, 0.1) is 11.8 Å². The van der Waals surface area contributed by atoms with Crippen molar-refractivity contribution in [1.29, 1.82) is 0 Å². The van der Waals surface area contributed by atoms with Crippen LogP contribution in [-0.2, 0) is 14.3 Å². The second-order valence-corrected chi connectivity index (χ2v) is 8.87. The van der Waals surface area contributed by atoms with Crippen molar-refractivity contribution >= 4 is 11.9 Å². The predicted molar refractivity (Wildman–Crippen MR) is 125 cm³/mol. The normalized spacial score (nSPS) is 24.5. The van der Waals surface area contributed by atoms with E-state index >= 15 is 0 Å². The highest BCUT2D eigenvalue weighted by atomic mass is 16.6. The Morgan fingerprint density at radius 2 is 1.78 bits per heavy atom. The summed E-state index contributed by atoms with van der Waals surface area (Å²) in [7, 11) is 0. The first kappa shape index (κ1) is 22.3. The van der Waals surface area contributed by atoms with Crippen LogP contribution in [-0.4, -0.2) is 24.1 Å². The Morgan fingerprint density at radius 1 is 1.03 bits per heavy atom. The molecule has 4 rings (SSSR count). The topological polar surface area (TPSA) is 52.6 Å². The number of fused-ring (bicyclic) bond motifs is 1. The Morgan fingerprint density at radius 3 is 2.53 bits per heavy atom. The molecule has 2 aliphatic rings. The molecular formula is C28H32O4. The number of benzene rings is 2. The van der Waals surface area contributed by atoms with Gasteiger partial charge in [-0.3, -0.25) is 4.79 Å². The molecule has 2 aromatic rings. The quantitative estimate of drug-likeness (QED) is 0.263. The molecule has 4 atom stereocenters. The van der Waals surface area contributed by atoms with Crippen LogP contribution in [0.15, 0.2) is 66.7 Å². The van der Waals surface area contributed by atoms with Gasteiger partial charge in [0.05, 0.1) is 12.0 Å². The van der Waals surface area contributed by atoms with Gasteiger partial charge >= 0.3 is 11.9 Å². The Bertz CT molecular complexity index is 932. The number of hydrogen-bond acceptors (Lipinski definition) is 4. The minimum absolute atomic E-state index is 0.0326. The van der Waals surface area contributed by atoms with Crippen LogP contribution < -0.4 is 0 Å². The van der Waals surface area contributed by atoms with E-state index in [1.165, 1.54) is 25.7 Å². The summed E-state index contributed by atoms with van der Waals surface area (Å²) in [6, 6.07) is 17.6. The molecule has 0 spiro atoms. The first-order chi connectivity index (χ1) is 15.7. The lowest BCUT2D eigenvalue weighted by molar-refractivity contribution is -0.141. The Hall–Kier alpha value is -2.88. The molecule has 2 aromatic carbocycles. The summed E-state index contributed by atoms with van der Waals surface area (Å²) >= 11 is 0. The van der Waals surface area contributed by atoms with Gasteiger partial charge in [0, 0.05) is 18.3 Å². The van der Waals surface area contributed by atoms with Crippen LogP contribution in [0.3, 0.4) is 0 Å². The van der Waals surface area contributed by atoms with Crippen LogP contribution in [0.2, 0.25) is 0 Å². The third-order valence-electron chi connectivity index (χ3n) is 6.62. The van der Waals surface area contributed by atoms with Crippen molar-refractivity contribution in [1.82, 2.24) is 0 Å². The SMILES string of the molecule is CCCCCC/C=C/C1[C@H]2CC(=O)O[C@H]2C[C@H]1OC(=O)c1ccc(-c2ccccc2)cc1. The number of unbranched alkanes of at least 4 members (excludes halogenated alkanes) is 4. The van der Waals surface area contributed by atoms with E-state index in [0.717, 1.165) is 17.5 Å². The van der Waals surface area contributed by atoms with E-state index in [-0.39, 0.29) is 36.0 Å². The van der Waals surface area contributed by atoms with Gasteiger partial charge in [-0.05, 0) is 36.1 Å². The lowest BCUT2D eigenvalue weighted by atomic mass is 9.91. The molecule has 1 heterocycles. The van der Waals surface area contributed by atoms with Gasteiger partial charge in [0.2, 0.25) is 0 Å². The van der Waals surface area contributed by atoms with Crippen LogP contribution in [0.5, 0.6) is 0 Å². The minimum atomic E-state index is -0.317. The Kier molecular flexibility index (Phi) is 7.41. The summed E-state index contributed by atoms with van der Waals surface area (Å²) in [5.74, 6) is -0.317. The average Bonchev–Trinajstić information content (AvgIpc) is 3.32. The fraction of sp³-hybridized carbons (Fsp3) is 0.429. The molecule has 1 saturated carbocycles. The molecule has 1 unspecified atom stereocenters. The van der Waals surface area contributed by atoms with E-state index in [9.17, 15) is 9.59 Å². The smallest absolute Gasteiger partial charge is 0.338 e. The maximum Gasteiger partial charge on any atom is 0.338 e. The van der Waals surface area contributed by atoms with E-state index in [0.29, 0.717) is 18.4 Å². The summed E-state index contributed by atoms with van der Waals surface area (Å²) in [5, 5.41) is 0. The molecule has 32 heavy (non-hydrogen) atoms. The highest BCUT2D eigenvalue weighted by Crippen LogP contribution is 2.43. The van der Waals surface area contributed by atoms with Crippen molar-refractivity contribution in [3.63, 3.8) is 0 Å². The van der Waals surface area contributed by atoms with Crippen molar-refractivity contribution in [3.05, 3.63) is 72.3 Å². The summed E-state index contributed by atoms with van der Waals surface area (Å²) in [6.45, 7) is 2.21. The highest BCUT2D eigenvalue weighted by Gasteiger charge is 2.50. The number of carbonyl (C=O) groups excluding carboxylic acids is 2. The molecule has 1 aliphatic heterocycles. The number of allylic oxidation sites excluding steroid dienone is 1. The molecule has 168 valence electrons. The summed E-state index contributed by atoms with van der Waals surface area (Å²) in [5.41, 5.74) is 2.72. The van der Waals surface area contributed by atoms with Gasteiger partial charge in [-0.1, -0.05) is 80.8 Å². The monoisotopic (exact) mass is 432 g/mol. The van der Waals surface area contributed by atoms with E-state index in [4.69, 9.17) is 9.47 Å². The lowest BCUT2D eigenvalue weighted by Gasteiger charge is -2.20. The molecule has 0 amide bonds. The van der Waals surface area contributed by atoms with Crippen molar-refractivity contribution in [2.24, 2.45) is 11.8 Å². The zero-order valence-electron chi connectivity index (χ0n) is 18.7. The molecule has 1 saturated heterocycles. The molecule has 4 nitrogen and oxygen atoms in total. The molecular weight excluding hydrogens is 400 g/mol. The van der Waals surface area contributed by atoms with Crippen molar-refractivity contribution in [2.75, 3.05) is 0 Å². The first-order valence-corrected chi connectivity index (χ1v) is 11.9. The number of rotatable bonds is 9. The number of carbonyl (C=O) groups is 2. The Labute approximate surface area is 190 Å². The summed E-state index contributed by atoms with van der Waals surface area (Å²) in [4.78, 5) is 24.7. The largest absolute Gasteiger partial charge is 0.462 e. The molecule has 2 fully saturated rings. The molecule has 0 bridgehead atoms. The first-order valence-electron chi connectivity index (χ1n) is 11.9. The van der Waals surface area contributed by atoms with E-state index in [1.807, 2.05) is 54.6 Å². The maximum absolute atomic E-state index is 12.9. The second-order valence-electron chi connectivity index (χ2n) is 8.87. The number of esters is 2. The molecule has 0 N–H and O–H groups in total. The van der Waals surface area contributed by atoms with Gasteiger partial charge in [0.25, 0.3) is 0 Å². The van der Waals surface area contributed by atoms with Crippen molar-refractivity contribution in [3.8, 4) is 11.1 Å². The number of hydrogen-bond donors (Lipinski definition) is 0. The van der Waals surface area contributed by atoms with E-state index < -0.39 is 0 Å². The van der Waals surface area contributed by atoms with Gasteiger partial charge in [-0.15, -0.1) is 0 Å². The fourth-order valence-corrected chi connectivity index (χ4v) is 4.87. The van der Waals surface area contributed by atoms with Crippen LogP contribution in [0.1, 0.15) is 62.2 Å². The van der Waals surface area contributed by atoms with Crippen molar-refractivity contribution in [2.45, 2.75) is 64.1 Å². The minimum Gasteiger partial charge on any atom is -0.462 e. The fourth-order valence-electron chi connectivity index (χ4n) is 4.87. The van der Waals surface area contributed by atoms with E-state index in [1.54, 1.807) is 0 Å². The zero-order valence-corrected chi connectivity index (χ0v) is 18.7. The molecule has 1 aliphatic carbocycles. The van der Waals surface area contributed by atoms with Gasteiger partial charge < -0.3 is 9.47 Å². The zero-order chi connectivity index (χ0) is 22.3. The maximum atomic E-state index is 12.9. The lowest BCUT2D eigenvalue weighted by Crippen LogP contribution is -2.24. The van der Waals surface area contributed by atoms with Crippen LogP contribution in [0.4, 0.5) is 0 Å². The summed E-state index contributed by atoms with van der Waals surface area (Å²) in [6.07, 6.45) is 10.8. The van der Waals surface area contributed by atoms with Crippen LogP contribution in [0.25, 0.3) is 11.1 Å². The van der Waals surface area contributed by atoms with Gasteiger partial charge in [0.1, 0.15) is 12.2 Å². The second kappa shape index (κ2) is 10.6. The standard InChI is InChI=1S/C28H32O4/c1-2-3-4-5-6-10-13-23-24-18-27(29)31-26(24)19-25(23)32-28(30)22-16-14-21(15-17-22)20-11-8-7-9-12-20/h7-17,23-26H,2-6,18-19H2,1H3/b13-10+/t23?,24-,25-,26+/m1/s1. The highest BCUT2D eigenvalue weighted by molar-refractivity contribution is 5.90. The Balaban J connectivity index is 1.40. The number of ether oxygens (including phenoxy) is 2. The third-order valence-corrected chi connectivity index (χ3v) is 6.62. The predicted octanol–water partition coefficient (Wildman–Crippen LogP) is 6.36. The van der Waals surface area contributed by atoms with Gasteiger partial charge in [0.15, 0.2) is 0 Å². The van der Waals surface area contributed by atoms with Gasteiger partial charge in [-0.2, -0.15) is 0 Å². The molecule has 0 radical (unpaired) electrons. The summed E-state index contributed by atoms with van der Waals surface area (Å²) < 4.78 is 11.4. The van der Waals surface area contributed by atoms with E-state index in [2.05, 4.69) is 19.1 Å². The molecule has 0 aromatic heterocycles. The van der Waals surface area contributed by atoms with Crippen LogP contribution >= 0.6 is 0 Å². The third kappa shape index (κ3) is 5.29. The molecule has 4 heteroatoms. The van der Waals surface area contributed by atoms with Gasteiger partial charge in [-0.25, -0.2) is 4.79 Å².